The predicted octanol–water partition coefficient (Wildman–Crippen LogP) is 2.68. The van der Waals surface area contributed by atoms with E-state index >= 15 is 0 Å². The lowest BCUT2D eigenvalue weighted by Gasteiger charge is -2.14. The minimum Gasteiger partial charge on any atom is -0.491 e. The molecule has 2 aliphatic rings. The van der Waals surface area contributed by atoms with Gasteiger partial charge in [0.25, 0.3) is 0 Å². The van der Waals surface area contributed by atoms with Crippen molar-refractivity contribution >= 4 is 12.4 Å². The monoisotopic (exact) mass is 239 g/mol. The van der Waals surface area contributed by atoms with Crippen LogP contribution in [0.5, 0.6) is 5.75 Å². The molecule has 1 N–H and O–H groups in total. The van der Waals surface area contributed by atoms with Crippen LogP contribution in [0.1, 0.15) is 24.0 Å². The molecule has 1 aromatic carbocycles. The SMILES string of the molecule is Cc1cccc2c1OCC(C1CC1)NC2.Cl. The maximum Gasteiger partial charge on any atom is 0.126 e. The quantitative estimate of drug-likeness (QED) is 0.814. The molecule has 3 rings (SSSR count). The van der Waals surface area contributed by atoms with E-state index in [2.05, 4.69) is 30.4 Å². The number of fused-ring (bicyclic) bond motifs is 1. The molecule has 0 bridgehead atoms. The van der Waals surface area contributed by atoms with Crippen LogP contribution in [0.3, 0.4) is 0 Å². The van der Waals surface area contributed by atoms with Crippen LogP contribution in [0, 0.1) is 12.8 Å². The van der Waals surface area contributed by atoms with Crippen LogP contribution in [0.25, 0.3) is 0 Å². The van der Waals surface area contributed by atoms with E-state index < -0.39 is 0 Å². The molecule has 1 fully saturated rings. The van der Waals surface area contributed by atoms with E-state index in [1.807, 2.05) is 0 Å². The average Bonchev–Trinajstić information content (AvgIpc) is 3.03. The largest absolute Gasteiger partial charge is 0.491 e. The first-order valence-electron chi connectivity index (χ1n) is 5.79. The van der Waals surface area contributed by atoms with Crippen molar-refractivity contribution in [2.24, 2.45) is 5.92 Å². The van der Waals surface area contributed by atoms with Crippen LogP contribution in [0.2, 0.25) is 0 Å². The molecule has 1 heterocycles. The Hall–Kier alpha value is -0.730. The number of aryl methyl sites for hydroxylation is 1. The highest BCUT2D eigenvalue weighted by molar-refractivity contribution is 5.85. The predicted molar refractivity (Wildman–Crippen MR) is 67.3 cm³/mol. The van der Waals surface area contributed by atoms with Crippen molar-refractivity contribution in [2.75, 3.05) is 6.61 Å². The van der Waals surface area contributed by atoms with Crippen molar-refractivity contribution in [1.82, 2.24) is 5.32 Å². The van der Waals surface area contributed by atoms with E-state index in [4.69, 9.17) is 4.74 Å². The second kappa shape index (κ2) is 4.64. The minimum atomic E-state index is 0. The van der Waals surface area contributed by atoms with Gasteiger partial charge in [-0.25, -0.2) is 0 Å². The molecule has 3 heteroatoms. The molecular weight excluding hydrogens is 222 g/mol. The molecule has 88 valence electrons. The summed E-state index contributed by atoms with van der Waals surface area (Å²) in [6.07, 6.45) is 2.74. The van der Waals surface area contributed by atoms with Crippen LogP contribution in [0.15, 0.2) is 18.2 Å². The first-order valence-corrected chi connectivity index (χ1v) is 5.79. The Morgan fingerprint density at radius 1 is 1.31 bits per heavy atom. The van der Waals surface area contributed by atoms with Crippen molar-refractivity contribution in [3.63, 3.8) is 0 Å². The standard InChI is InChI=1S/C13H17NO.ClH/c1-9-3-2-4-11-7-14-12(10-5-6-10)8-15-13(9)11;/h2-4,10,12,14H,5-8H2,1H3;1H. The summed E-state index contributed by atoms with van der Waals surface area (Å²) in [7, 11) is 0. The van der Waals surface area contributed by atoms with E-state index in [0.29, 0.717) is 6.04 Å². The number of hydrogen-bond acceptors (Lipinski definition) is 2. The number of benzene rings is 1. The van der Waals surface area contributed by atoms with Gasteiger partial charge < -0.3 is 10.1 Å². The molecule has 1 unspecified atom stereocenters. The van der Waals surface area contributed by atoms with Gasteiger partial charge in [-0.1, -0.05) is 18.2 Å². The van der Waals surface area contributed by atoms with E-state index in [-0.39, 0.29) is 12.4 Å². The van der Waals surface area contributed by atoms with Crippen molar-refractivity contribution in [1.29, 1.82) is 0 Å². The number of nitrogens with one attached hydrogen (secondary N) is 1. The lowest BCUT2D eigenvalue weighted by atomic mass is 10.1. The summed E-state index contributed by atoms with van der Waals surface area (Å²) in [5.74, 6) is 1.97. The van der Waals surface area contributed by atoms with Crippen LogP contribution >= 0.6 is 12.4 Å². The summed E-state index contributed by atoms with van der Waals surface area (Å²) in [6, 6.07) is 6.95. The first kappa shape index (κ1) is 11.7. The zero-order valence-corrected chi connectivity index (χ0v) is 10.3. The lowest BCUT2D eigenvalue weighted by Crippen LogP contribution is -2.33. The third kappa shape index (κ3) is 2.18. The van der Waals surface area contributed by atoms with Gasteiger partial charge in [-0.15, -0.1) is 12.4 Å². The van der Waals surface area contributed by atoms with Crippen LogP contribution < -0.4 is 10.1 Å². The van der Waals surface area contributed by atoms with Gasteiger partial charge in [0.1, 0.15) is 12.4 Å². The molecule has 16 heavy (non-hydrogen) atoms. The van der Waals surface area contributed by atoms with Crippen molar-refractivity contribution in [2.45, 2.75) is 32.4 Å². The number of halogens is 1. The van der Waals surface area contributed by atoms with E-state index in [1.54, 1.807) is 0 Å². The van der Waals surface area contributed by atoms with Gasteiger partial charge in [0.05, 0.1) is 0 Å². The van der Waals surface area contributed by atoms with Gasteiger partial charge in [0, 0.05) is 18.2 Å². The third-order valence-electron chi connectivity index (χ3n) is 3.45. The summed E-state index contributed by atoms with van der Waals surface area (Å²) in [4.78, 5) is 0. The first-order chi connectivity index (χ1) is 7.34. The summed E-state index contributed by atoms with van der Waals surface area (Å²) >= 11 is 0. The summed E-state index contributed by atoms with van der Waals surface area (Å²) < 4.78 is 5.93. The van der Waals surface area contributed by atoms with Crippen LogP contribution in [0.4, 0.5) is 0 Å². The van der Waals surface area contributed by atoms with Gasteiger partial charge in [0.15, 0.2) is 0 Å². The minimum absolute atomic E-state index is 0. The second-order valence-corrected chi connectivity index (χ2v) is 4.70. The molecule has 1 saturated carbocycles. The second-order valence-electron chi connectivity index (χ2n) is 4.70. The smallest absolute Gasteiger partial charge is 0.126 e. The fraction of sp³-hybridized carbons (Fsp3) is 0.538. The fourth-order valence-electron chi connectivity index (χ4n) is 2.33. The number of para-hydroxylation sites is 1. The molecule has 0 spiro atoms. The van der Waals surface area contributed by atoms with Gasteiger partial charge in [-0.3, -0.25) is 0 Å². The normalized spacial score (nSPS) is 23.7. The number of ether oxygens (including phenoxy) is 1. The number of hydrogen-bond donors (Lipinski definition) is 1. The molecular formula is C13H18ClNO. The van der Waals surface area contributed by atoms with Crippen LogP contribution in [-0.4, -0.2) is 12.6 Å². The van der Waals surface area contributed by atoms with Crippen molar-refractivity contribution in [3.05, 3.63) is 29.3 Å². The summed E-state index contributed by atoms with van der Waals surface area (Å²) in [6.45, 7) is 3.91. The van der Waals surface area contributed by atoms with E-state index in [0.717, 1.165) is 24.8 Å². The highest BCUT2D eigenvalue weighted by Gasteiger charge is 2.32. The highest BCUT2D eigenvalue weighted by atomic mass is 35.5. The van der Waals surface area contributed by atoms with E-state index in [1.165, 1.54) is 24.0 Å². The molecule has 1 aliphatic carbocycles. The van der Waals surface area contributed by atoms with Gasteiger partial charge in [-0.2, -0.15) is 0 Å². The summed E-state index contributed by atoms with van der Waals surface area (Å²) in [5.41, 5.74) is 2.56. The topological polar surface area (TPSA) is 21.3 Å². The average molecular weight is 240 g/mol. The molecule has 0 radical (unpaired) electrons. The Labute approximate surface area is 103 Å². The number of rotatable bonds is 1. The molecule has 0 saturated heterocycles. The lowest BCUT2D eigenvalue weighted by molar-refractivity contribution is 0.262. The molecule has 1 aliphatic heterocycles. The Kier molecular flexibility index (Phi) is 3.41. The fourth-order valence-corrected chi connectivity index (χ4v) is 2.33. The zero-order chi connectivity index (χ0) is 10.3. The molecule has 0 amide bonds. The van der Waals surface area contributed by atoms with E-state index in [9.17, 15) is 0 Å². The molecule has 0 aromatic heterocycles. The Balaban J connectivity index is 0.000000963. The molecule has 1 aromatic rings. The highest BCUT2D eigenvalue weighted by Crippen LogP contribution is 2.35. The van der Waals surface area contributed by atoms with Gasteiger partial charge in [0.2, 0.25) is 0 Å². The van der Waals surface area contributed by atoms with Crippen molar-refractivity contribution in [3.8, 4) is 5.75 Å². The summed E-state index contributed by atoms with van der Waals surface area (Å²) in [5, 5.41) is 3.60. The molecule has 1 atom stereocenters. The Bertz CT molecular complexity index is 376. The third-order valence-corrected chi connectivity index (χ3v) is 3.45. The van der Waals surface area contributed by atoms with Gasteiger partial charge >= 0.3 is 0 Å². The van der Waals surface area contributed by atoms with Gasteiger partial charge in [-0.05, 0) is 31.2 Å². The maximum absolute atomic E-state index is 5.93. The Morgan fingerprint density at radius 3 is 2.88 bits per heavy atom. The Morgan fingerprint density at radius 2 is 2.12 bits per heavy atom. The van der Waals surface area contributed by atoms with Crippen LogP contribution in [-0.2, 0) is 6.54 Å². The molecule has 2 nitrogen and oxygen atoms in total. The zero-order valence-electron chi connectivity index (χ0n) is 9.53. The maximum atomic E-state index is 5.93. The van der Waals surface area contributed by atoms with Crippen molar-refractivity contribution < 1.29 is 4.74 Å².